The van der Waals surface area contributed by atoms with Gasteiger partial charge in [0.1, 0.15) is 11.6 Å². The first-order chi connectivity index (χ1) is 11.0. The van der Waals surface area contributed by atoms with Crippen LogP contribution in [0.25, 0.3) is 0 Å². The molecule has 0 saturated carbocycles. The number of benzene rings is 2. The van der Waals surface area contributed by atoms with Crippen molar-refractivity contribution in [3.05, 3.63) is 93.4 Å². The molecular formula is C16H15F2N3O2. The summed E-state index contributed by atoms with van der Waals surface area (Å²) in [5.41, 5.74) is 1.56. The molecule has 0 aliphatic rings. The predicted molar refractivity (Wildman–Crippen MR) is 81.6 cm³/mol. The monoisotopic (exact) mass is 319 g/mol. The van der Waals surface area contributed by atoms with Crippen LogP contribution in [0.5, 0.6) is 0 Å². The lowest BCUT2D eigenvalue weighted by molar-refractivity contribution is -0.404. The van der Waals surface area contributed by atoms with Gasteiger partial charge >= 0.3 is 0 Å². The van der Waals surface area contributed by atoms with Gasteiger partial charge in [-0.2, -0.15) is 0 Å². The van der Waals surface area contributed by atoms with E-state index in [4.69, 9.17) is 0 Å². The smallest absolute Gasteiger partial charge is 0.274 e. The van der Waals surface area contributed by atoms with Gasteiger partial charge in [0, 0.05) is 13.1 Å². The molecule has 23 heavy (non-hydrogen) atoms. The van der Waals surface area contributed by atoms with E-state index in [0.717, 1.165) is 17.3 Å². The van der Waals surface area contributed by atoms with E-state index in [9.17, 15) is 18.9 Å². The van der Waals surface area contributed by atoms with Gasteiger partial charge in [-0.15, -0.1) is 0 Å². The summed E-state index contributed by atoms with van der Waals surface area (Å²) in [7, 11) is 0. The molecular weight excluding hydrogens is 304 g/mol. The Morgan fingerprint density at radius 2 is 1.30 bits per heavy atom. The van der Waals surface area contributed by atoms with Gasteiger partial charge in [-0.1, -0.05) is 24.3 Å². The molecule has 2 N–H and O–H groups in total. The Hall–Kier alpha value is -2.96. The summed E-state index contributed by atoms with van der Waals surface area (Å²) < 4.78 is 25.7. The van der Waals surface area contributed by atoms with Crippen LogP contribution in [0.4, 0.5) is 8.78 Å². The van der Waals surface area contributed by atoms with E-state index in [1.165, 1.54) is 24.3 Å². The zero-order valence-electron chi connectivity index (χ0n) is 12.1. The maximum Gasteiger partial charge on any atom is 0.274 e. The van der Waals surface area contributed by atoms with Gasteiger partial charge < -0.3 is 10.6 Å². The van der Waals surface area contributed by atoms with E-state index in [1.807, 2.05) is 0 Å². The quantitative estimate of drug-likeness (QED) is 0.608. The van der Waals surface area contributed by atoms with Crippen molar-refractivity contribution in [3.63, 3.8) is 0 Å². The third-order valence-electron chi connectivity index (χ3n) is 3.03. The lowest BCUT2D eigenvalue weighted by Crippen LogP contribution is -2.26. The summed E-state index contributed by atoms with van der Waals surface area (Å²) in [6, 6.07) is 11.6. The molecule has 0 spiro atoms. The van der Waals surface area contributed by atoms with Crippen LogP contribution >= 0.6 is 0 Å². The van der Waals surface area contributed by atoms with Crippen LogP contribution in [0.2, 0.25) is 0 Å². The largest absolute Gasteiger partial charge is 0.363 e. The number of nitrogens with one attached hydrogen (secondary N) is 2. The number of nitrogens with zero attached hydrogens (tertiary/aromatic N) is 1. The fraction of sp³-hybridized carbons (Fsp3) is 0.125. The van der Waals surface area contributed by atoms with Crippen molar-refractivity contribution in [1.29, 1.82) is 0 Å². The lowest BCUT2D eigenvalue weighted by atomic mass is 10.2. The minimum Gasteiger partial charge on any atom is -0.363 e. The highest BCUT2D eigenvalue weighted by Gasteiger charge is 2.04. The second-order valence-electron chi connectivity index (χ2n) is 4.79. The predicted octanol–water partition coefficient (Wildman–Crippen LogP) is 2.92. The zero-order chi connectivity index (χ0) is 16.7. The summed E-state index contributed by atoms with van der Waals surface area (Å²) in [5.74, 6) is -0.475. The van der Waals surface area contributed by atoms with Crippen molar-refractivity contribution in [3.8, 4) is 0 Å². The van der Waals surface area contributed by atoms with Crippen molar-refractivity contribution in [2.75, 3.05) is 0 Å². The van der Waals surface area contributed by atoms with E-state index in [0.29, 0.717) is 13.1 Å². The minimum absolute atomic E-state index is 0.212. The van der Waals surface area contributed by atoms with E-state index in [-0.39, 0.29) is 17.5 Å². The first-order valence-electron chi connectivity index (χ1n) is 6.85. The van der Waals surface area contributed by atoms with Gasteiger partial charge in [-0.25, -0.2) is 8.78 Å². The van der Waals surface area contributed by atoms with Gasteiger partial charge in [0.15, 0.2) is 5.82 Å². The van der Waals surface area contributed by atoms with Crippen LogP contribution in [0, 0.1) is 21.7 Å². The highest BCUT2D eigenvalue weighted by Crippen LogP contribution is 2.05. The molecule has 5 nitrogen and oxygen atoms in total. The lowest BCUT2D eigenvalue weighted by Gasteiger charge is -2.11. The van der Waals surface area contributed by atoms with Gasteiger partial charge in [0.25, 0.3) is 6.20 Å². The maximum absolute atomic E-state index is 12.8. The Morgan fingerprint density at radius 1 is 0.913 bits per heavy atom. The molecule has 2 rings (SSSR count). The maximum atomic E-state index is 12.8. The Balaban J connectivity index is 1.95. The molecule has 0 radical (unpaired) electrons. The Morgan fingerprint density at radius 3 is 1.65 bits per heavy atom. The summed E-state index contributed by atoms with van der Waals surface area (Å²) in [6.07, 6.45) is 0.813. The molecule has 2 aromatic carbocycles. The van der Waals surface area contributed by atoms with Crippen molar-refractivity contribution in [2.24, 2.45) is 0 Å². The zero-order valence-corrected chi connectivity index (χ0v) is 12.1. The Bertz CT molecular complexity index is 634. The molecule has 120 valence electrons. The van der Waals surface area contributed by atoms with Crippen LogP contribution in [-0.2, 0) is 13.1 Å². The average Bonchev–Trinajstić information content (AvgIpc) is 2.52. The van der Waals surface area contributed by atoms with Crippen molar-refractivity contribution >= 4 is 0 Å². The van der Waals surface area contributed by atoms with Gasteiger partial charge in [-0.3, -0.25) is 10.1 Å². The molecule has 0 saturated heterocycles. The molecule has 0 heterocycles. The number of nitro groups is 1. The molecule has 0 aromatic heterocycles. The van der Waals surface area contributed by atoms with Gasteiger partial charge in [0.05, 0.1) is 4.92 Å². The Kier molecular flexibility index (Phi) is 5.62. The number of halogens is 2. The highest BCUT2D eigenvalue weighted by atomic mass is 19.1. The first kappa shape index (κ1) is 16.4. The summed E-state index contributed by atoms with van der Waals surface area (Å²) in [5, 5.41) is 16.4. The Labute approximate surface area is 131 Å². The number of rotatable bonds is 7. The number of hydrogen-bond donors (Lipinski definition) is 2. The second-order valence-corrected chi connectivity index (χ2v) is 4.79. The standard InChI is InChI=1S/C16H15F2N3O2/c17-14-5-1-12(2-6-14)9-19-16(11-21(22)23)20-10-13-3-7-15(18)8-4-13/h1-8,11,19-20H,9-10H2. The first-order valence-corrected chi connectivity index (χ1v) is 6.85. The van der Waals surface area contributed by atoms with Crippen LogP contribution < -0.4 is 10.6 Å². The molecule has 0 atom stereocenters. The van der Waals surface area contributed by atoms with Gasteiger partial charge in [0.2, 0.25) is 0 Å². The second kappa shape index (κ2) is 7.88. The van der Waals surface area contributed by atoms with Crippen LogP contribution in [0.1, 0.15) is 11.1 Å². The average molecular weight is 319 g/mol. The fourth-order valence-electron chi connectivity index (χ4n) is 1.86. The highest BCUT2D eigenvalue weighted by molar-refractivity contribution is 5.18. The van der Waals surface area contributed by atoms with Crippen molar-refractivity contribution in [2.45, 2.75) is 13.1 Å². The third-order valence-corrected chi connectivity index (χ3v) is 3.03. The summed E-state index contributed by atoms with van der Waals surface area (Å²) >= 11 is 0. The van der Waals surface area contributed by atoms with Crippen molar-refractivity contribution in [1.82, 2.24) is 10.6 Å². The van der Waals surface area contributed by atoms with E-state index in [1.54, 1.807) is 24.3 Å². The molecule has 0 fully saturated rings. The minimum atomic E-state index is -0.579. The van der Waals surface area contributed by atoms with Crippen LogP contribution in [-0.4, -0.2) is 4.92 Å². The molecule has 0 aliphatic carbocycles. The molecule has 0 amide bonds. The molecule has 0 unspecified atom stereocenters. The van der Waals surface area contributed by atoms with Gasteiger partial charge in [-0.05, 0) is 35.4 Å². The van der Waals surface area contributed by atoms with E-state index >= 15 is 0 Å². The molecule has 0 bridgehead atoms. The molecule has 2 aromatic rings. The summed E-state index contributed by atoms with van der Waals surface area (Å²) in [6.45, 7) is 0.604. The SMILES string of the molecule is O=[N+]([O-])C=C(NCc1ccc(F)cc1)NCc1ccc(F)cc1. The van der Waals surface area contributed by atoms with E-state index < -0.39 is 4.92 Å². The third kappa shape index (κ3) is 5.74. The summed E-state index contributed by atoms with van der Waals surface area (Å²) in [4.78, 5) is 10.1. The fourth-order valence-corrected chi connectivity index (χ4v) is 1.86. The van der Waals surface area contributed by atoms with Crippen molar-refractivity contribution < 1.29 is 13.7 Å². The van der Waals surface area contributed by atoms with E-state index in [2.05, 4.69) is 10.6 Å². The van der Waals surface area contributed by atoms with Crippen LogP contribution in [0.3, 0.4) is 0 Å². The normalized spacial score (nSPS) is 10.0. The molecule has 0 aliphatic heterocycles. The van der Waals surface area contributed by atoms with Crippen LogP contribution in [0.15, 0.2) is 60.6 Å². The topological polar surface area (TPSA) is 67.2 Å². The molecule has 7 heteroatoms. The number of hydrogen-bond acceptors (Lipinski definition) is 4.